The lowest BCUT2D eigenvalue weighted by Crippen LogP contribution is -2.27. The van der Waals surface area contributed by atoms with Gasteiger partial charge >= 0.3 is 0 Å². The number of hydrogen-bond donors (Lipinski definition) is 2. The Kier molecular flexibility index (Phi) is 3.74. The van der Waals surface area contributed by atoms with Crippen LogP contribution in [0.3, 0.4) is 0 Å². The van der Waals surface area contributed by atoms with Gasteiger partial charge in [-0.2, -0.15) is 5.10 Å². The number of hydrogen-bond acceptors (Lipinski definition) is 5. The van der Waals surface area contributed by atoms with Gasteiger partial charge in [-0.05, 0) is 18.2 Å². The molecule has 0 saturated heterocycles. The summed E-state index contributed by atoms with van der Waals surface area (Å²) in [5, 5.41) is 9.64. The van der Waals surface area contributed by atoms with E-state index in [2.05, 4.69) is 20.5 Å². The van der Waals surface area contributed by atoms with E-state index in [4.69, 9.17) is 0 Å². The highest BCUT2D eigenvalue weighted by atomic mass is 32.1. The standard InChI is InChI=1S/C14H12N4O2S/c19-12-6-5-10(17-18-12)14(20)15-8-7-13-16-9-3-1-2-4-11(9)21-13/h1-6H,7-8H2,(H,15,20)(H,18,19). The van der Waals surface area contributed by atoms with Crippen LogP contribution in [0.1, 0.15) is 15.5 Å². The molecular formula is C14H12N4O2S. The second kappa shape index (κ2) is 5.84. The predicted octanol–water partition coefficient (Wildman–Crippen LogP) is 1.35. The highest BCUT2D eigenvalue weighted by molar-refractivity contribution is 7.18. The smallest absolute Gasteiger partial charge is 0.271 e. The van der Waals surface area contributed by atoms with E-state index in [0.29, 0.717) is 13.0 Å². The van der Waals surface area contributed by atoms with Gasteiger partial charge in [0.1, 0.15) is 5.69 Å². The van der Waals surface area contributed by atoms with Crippen molar-refractivity contribution in [1.82, 2.24) is 20.5 Å². The van der Waals surface area contributed by atoms with Gasteiger partial charge in [-0.15, -0.1) is 11.3 Å². The van der Waals surface area contributed by atoms with Gasteiger partial charge in [0.15, 0.2) is 0 Å². The summed E-state index contributed by atoms with van der Waals surface area (Å²) in [5.41, 5.74) is 0.839. The van der Waals surface area contributed by atoms with Crippen molar-refractivity contribution in [2.24, 2.45) is 0 Å². The highest BCUT2D eigenvalue weighted by Crippen LogP contribution is 2.21. The maximum Gasteiger partial charge on any atom is 0.271 e. The van der Waals surface area contributed by atoms with Gasteiger partial charge in [0, 0.05) is 19.0 Å². The molecule has 0 atom stereocenters. The Labute approximate surface area is 123 Å². The van der Waals surface area contributed by atoms with Gasteiger partial charge in [-0.3, -0.25) is 9.59 Å². The van der Waals surface area contributed by atoms with Gasteiger partial charge in [0.2, 0.25) is 0 Å². The normalized spacial score (nSPS) is 10.7. The van der Waals surface area contributed by atoms with Crippen LogP contribution in [-0.2, 0) is 6.42 Å². The van der Waals surface area contributed by atoms with Crippen LogP contribution in [0.15, 0.2) is 41.2 Å². The number of aromatic nitrogens is 3. The fraction of sp³-hybridized carbons (Fsp3) is 0.143. The molecule has 0 saturated carbocycles. The molecule has 0 aliphatic rings. The largest absolute Gasteiger partial charge is 0.350 e. The van der Waals surface area contributed by atoms with E-state index in [1.165, 1.54) is 12.1 Å². The van der Waals surface area contributed by atoms with Crippen LogP contribution in [-0.4, -0.2) is 27.6 Å². The lowest BCUT2D eigenvalue weighted by atomic mass is 10.3. The van der Waals surface area contributed by atoms with Crippen molar-refractivity contribution in [3.8, 4) is 0 Å². The predicted molar refractivity (Wildman–Crippen MR) is 80.5 cm³/mol. The number of nitrogens with one attached hydrogen (secondary N) is 2. The Morgan fingerprint density at radius 1 is 1.24 bits per heavy atom. The van der Waals surface area contributed by atoms with Crippen LogP contribution < -0.4 is 10.9 Å². The Morgan fingerprint density at radius 3 is 2.86 bits per heavy atom. The molecule has 0 bridgehead atoms. The molecule has 2 aromatic heterocycles. The first-order valence-corrected chi connectivity index (χ1v) is 7.22. The van der Waals surface area contributed by atoms with Gasteiger partial charge < -0.3 is 5.32 Å². The molecule has 106 valence electrons. The molecule has 2 heterocycles. The van der Waals surface area contributed by atoms with Gasteiger partial charge in [0.25, 0.3) is 11.5 Å². The highest BCUT2D eigenvalue weighted by Gasteiger charge is 2.08. The fourth-order valence-electron chi connectivity index (χ4n) is 1.87. The van der Waals surface area contributed by atoms with Crippen molar-refractivity contribution in [1.29, 1.82) is 0 Å². The first-order valence-electron chi connectivity index (χ1n) is 6.41. The Balaban J connectivity index is 1.59. The molecule has 3 aromatic rings. The lowest BCUT2D eigenvalue weighted by Gasteiger charge is -2.02. The quantitative estimate of drug-likeness (QED) is 0.761. The summed E-state index contributed by atoms with van der Waals surface area (Å²) in [7, 11) is 0. The summed E-state index contributed by atoms with van der Waals surface area (Å²) in [5.74, 6) is -0.313. The Bertz CT molecular complexity index is 787. The molecule has 6 nitrogen and oxygen atoms in total. The zero-order chi connectivity index (χ0) is 14.7. The number of carbonyl (C=O) groups excluding carboxylic acids is 1. The first-order chi connectivity index (χ1) is 10.2. The van der Waals surface area contributed by atoms with Gasteiger partial charge in [-0.25, -0.2) is 10.1 Å². The van der Waals surface area contributed by atoms with Crippen LogP contribution >= 0.6 is 11.3 Å². The summed E-state index contributed by atoms with van der Waals surface area (Å²) < 4.78 is 1.14. The zero-order valence-corrected chi connectivity index (χ0v) is 11.8. The van der Waals surface area contributed by atoms with E-state index in [-0.39, 0.29) is 17.2 Å². The third kappa shape index (κ3) is 3.14. The topological polar surface area (TPSA) is 87.7 Å². The second-order valence-electron chi connectivity index (χ2n) is 4.39. The Hall–Kier alpha value is -2.54. The number of fused-ring (bicyclic) bond motifs is 1. The van der Waals surface area contributed by atoms with Crippen molar-refractivity contribution in [3.05, 3.63) is 57.5 Å². The van der Waals surface area contributed by atoms with E-state index in [0.717, 1.165) is 15.2 Å². The molecule has 0 spiro atoms. The number of H-pyrrole nitrogens is 1. The average Bonchev–Trinajstić information content (AvgIpc) is 2.90. The maximum atomic E-state index is 11.8. The molecular weight excluding hydrogens is 288 g/mol. The summed E-state index contributed by atoms with van der Waals surface area (Å²) in [6.45, 7) is 0.472. The first kappa shape index (κ1) is 13.4. The molecule has 3 rings (SSSR count). The summed E-state index contributed by atoms with van der Waals surface area (Å²) >= 11 is 1.62. The number of para-hydroxylation sites is 1. The molecule has 21 heavy (non-hydrogen) atoms. The van der Waals surface area contributed by atoms with E-state index in [1.54, 1.807) is 11.3 Å². The van der Waals surface area contributed by atoms with Crippen LogP contribution in [0.5, 0.6) is 0 Å². The summed E-state index contributed by atoms with van der Waals surface area (Å²) in [6.07, 6.45) is 0.661. The SMILES string of the molecule is O=C(NCCc1nc2ccccc2s1)c1ccc(=O)[nH]n1. The van der Waals surface area contributed by atoms with Crippen LogP contribution in [0.2, 0.25) is 0 Å². The number of nitrogens with zero attached hydrogens (tertiary/aromatic N) is 2. The summed E-state index contributed by atoms with van der Waals surface area (Å²) in [6, 6.07) is 10.6. The van der Waals surface area contributed by atoms with Crippen LogP contribution in [0, 0.1) is 0 Å². The van der Waals surface area contributed by atoms with Crippen molar-refractivity contribution in [3.63, 3.8) is 0 Å². The minimum Gasteiger partial charge on any atom is -0.350 e. The molecule has 0 unspecified atom stereocenters. The third-order valence-corrected chi connectivity index (χ3v) is 3.97. The second-order valence-corrected chi connectivity index (χ2v) is 5.50. The molecule has 7 heteroatoms. The molecule has 2 N–H and O–H groups in total. The number of amides is 1. The molecule has 0 radical (unpaired) electrons. The van der Waals surface area contributed by atoms with Crippen molar-refractivity contribution < 1.29 is 4.79 Å². The van der Waals surface area contributed by atoms with E-state index < -0.39 is 0 Å². The number of benzene rings is 1. The minimum absolute atomic E-state index is 0.193. The molecule has 0 fully saturated rings. The van der Waals surface area contributed by atoms with Crippen molar-refractivity contribution in [2.75, 3.05) is 6.54 Å². The minimum atomic E-state index is -0.332. The lowest BCUT2D eigenvalue weighted by molar-refractivity contribution is 0.0948. The molecule has 1 aromatic carbocycles. The Morgan fingerprint density at radius 2 is 2.10 bits per heavy atom. The number of thiazole rings is 1. The van der Waals surface area contributed by atoms with Gasteiger partial charge in [0.05, 0.1) is 15.2 Å². The van der Waals surface area contributed by atoms with Crippen LogP contribution in [0.25, 0.3) is 10.2 Å². The monoisotopic (exact) mass is 300 g/mol. The maximum absolute atomic E-state index is 11.8. The fourth-order valence-corrected chi connectivity index (χ4v) is 2.84. The average molecular weight is 300 g/mol. The molecule has 0 aliphatic carbocycles. The summed E-state index contributed by atoms with van der Waals surface area (Å²) in [4.78, 5) is 27.2. The number of rotatable bonds is 4. The van der Waals surface area contributed by atoms with Crippen LogP contribution in [0.4, 0.5) is 0 Å². The van der Waals surface area contributed by atoms with Crippen molar-refractivity contribution >= 4 is 27.5 Å². The van der Waals surface area contributed by atoms with E-state index in [1.807, 2.05) is 24.3 Å². The van der Waals surface area contributed by atoms with Gasteiger partial charge in [-0.1, -0.05) is 12.1 Å². The van der Waals surface area contributed by atoms with E-state index >= 15 is 0 Å². The third-order valence-electron chi connectivity index (χ3n) is 2.87. The molecule has 1 amide bonds. The number of carbonyl (C=O) groups is 1. The molecule has 0 aliphatic heterocycles. The number of aromatic amines is 1. The zero-order valence-electron chi connectivity index (χ0n) is 11.0. The van der Waals surface area contributed by atoms with E-state index in [9.17, 15) is 9.59 Å². The van der Waals surface area contributed by atoms with Crippen molar-refractivity contribution in [2.45, 2.75) is 6.42 Å².